The molecule has 0 saturated heterocycles. The first-order chi connectivity index (χ1) is 14.0. The number of aromatic nitrogens is 2. The molecule has 3 rings (SSSR count). The summed E-state index contributed by atoms with van der Waals surface area (Å²) >= 11 is 0. The van der Waals surface area contributed by atoms with E-state index in [0.29, 0.717) is 11.9 Å². The number of nitrogens with one attached hydrogen (secondary N) is 2. The van der Waals surface area contributed by atoms with E-state index < -0.39 is 0 Å². The second kappa shape index (κ2) is 10.0. The molecular formula is C24H31N5. The van der Waals surface area contributed by atoms with Crippen LogP contribution in [0.25, 0.3) is 11.3 Å². The van der Waals surface area contributed by atoms with Gasteiger partial charge in [0.05, 0.1) is 5.69 Å². The Morgan fingerprint density at radius 3 is 2.38 bits per heavy atom. The molecule has 152 valence electrons. The zero-order valence-electron chi connectivity index (χ0n) is 17.8. The van der Waals surface area contributed by atoms with Crippen LogP contribution in [0.15, 0.2) is 60.7 Å². The highest BCUT2D eigenvalue weighted by molar-refractivity contribution is 5.68. The van der Waals surface area contributed by atoms with Crippen molar-refractivity contribution in [3.8, 4) is 11.3 Å². The van der Waals surface area contributed by atoms with E-state index in [1.807, 2.05) is 30.3 Å². The Kier molecular flexibility index (Phi) is 7.19. The molecule has 5 nitrogen and oxygen atoms in total. The molecule has 0 saturated carbocycles. The van der Waals surface area contributed by atoms with Gasteiger partial charge in [0.2, 0.25) is 5.95 Å². The quantitative estimate of drug-likeness (QED) is 0.482. The summed E-state index contributed by atoms with van der Waals surface area (Å²) in [7, 11) is 4.17. The number of para-hydroxylation sites is 1. The molecule has 0 fully saturated rings. The van der Waals surface area contributed by atoms with Crippen LogP contribution >= 0.6 is 0 Å². The molecule has 2 aromatic carbocycles. The maximum absolute atomic E-state index is 4.74. The van der Waals surface area contributed by atoms with Gasteiger partial charge in [-0.1, -0.05) is 62.4 Å². The fourth-order valence-electron chi connectivity index (χ4n) is 3.19. The molecule has 0 unspecified atom stereocenters. The SMILES string of the molecule is CC(C)c1ccccc1Nc1cc(-c2ccccc2)nc(NCCCN(C)C)n1. The lowest BCUT2D eigenvalue weighted by atomic mass is 10.0. The molecule has 0 bridgehead atoms. The summed E-state index contributed by atoms with van der Waals surface area (Å²) in [5.41, 5.74) is 4.33. The van der Waals surface area contributed by atoms with Crippen LogP contribution in [-0.2, 0) is 0 Å². The number of anilines is 3. The van der Waals surface area contributed by atoms with Crippen molar-refractivity contribution in [3.63, 3.8) is 0 Å². The van der Waals surface area contributed by atoms with Crippen LogP contribution in [0.2, 0.25) is 0 Å². The van der Waals surface area contributed by atoms with Gasteiger partial charge in [-0.15, -0.1) is 0 Å². The van der Waals surface area contributed by atoms with Crippen LogP contribution in [0.4, 0.5) is 17.5 Å². The van der Waals surface area contributed by atoms with Crippen LogP contribution in [0.5, 0.6) is 0 Å². The Bertz CT molecular complexity index is 906. The second-order valence-electron chi connectivity index (χ2n) is 7.78. The first kappa shape index (κ1) is 20.8. The fourth-order valence-corrected chi connectivity index (χ4v) is 3.19. The minimum absolute atomic E-state index is 0.428. The van der Waals surface area contributed by atoms with Gasteiger partial charge in [-0.05, 0) is 44.6 Å². The highest BCUT2D eigenvalue weighted by Crippen LogP contribution is 2.28. The van der Waals surface area contributed by atoms with Crippen LogP contribution in [-0.4, -0.2) is 42.1 Å². The molecule has 0 spiro atoms. The van der Waals surface area contributed by atoms with E-state index in [2.05, 4.69) is 73.8 Å². The third kappa shape index (κ3) is 6.03. The molecule has 0 atom stereocenters. The number of hydrogen-bond donors (Lipinski definition) is 2. The zero-order chi connectivity index (χ0) is 20.6. The lowest BCUT2D eigenvalue weighted by Crippen LogP contribution is -2.17. The van der Waals surface area contributed by atoms with Gasteiger partial charge in [-0.2, -0.15) is 4.98 Å². The van der Waals surface area contributed by atoms with E-state index in [1.165, 1.54) is 5.56 Å². The van der Waals surface area contributed by atoms with E-state index >= 15 is 0 Å². The molecule has 0 aliphatic rings. The van der Waals surface area contributed by atoms with Gasteiger partial charge >= 0.3 is 0 Å². The zero-order valence-corrected chi connectivity index (χ0v) is 17.8. The standard InChI is InChI=1S/C24H31N5/c1-18(2)20-13-8-9-14-21(20)26-23-17-22(19-11-6-5-7-12-19)27-24(28-23)25-15-10-16-29(3)4/h5-9,11-14,17-18H,10,15-16H2,1-4H3,(H2,25,26,27,28). The van der Waals surface area contributed by atoms with Gasteiger partial charge < -0.3 is 15.5 Å². The molecule has 0 aliphatic heterocycles. The third-order valence-electron chi connectivity index (χ3n) is 4.71. The predicted octanol–water partition coefficient (Wildman–Crippen LogP) is 5.37. The molecular weight excluding hydrogens is 358 g/mol. The lowest BCUT2D eigenvalue weighted by Gasteiger charge is -2.16. The Hall–Kier alpha value is -2.92. The van der Waals surface area contributed by atoms with Crippen LogP contribution in [0, 0.1) is 0 Å². The smallest absolute Gasteiger partial charge is 0.225 e. The Morgan fingerprint density at radius 2 is 1.66 bits per heavy atom. The van der Waals surface area contributed by atoms with Crippen molar-refractivity contribution >= 4 is 17.5 Å². The molecule has 0 amide bonds. The summed E-state index contributed by atoms with van der Waals surface area (Å²) in [6, 6.07) is 20.6. The number of rotatable bonds is 9. The number of nitrogens with zero attached hydrogens (tertiary/aromatic N) is 3. The monoisotopic (exact) mass is 389 g/mol. The van der Waals surface area contributed by atoms with Gasteiger partial charge in [0.15, 0.2) is 0 Å². The molecule has 0 aliphatic carbocycles. The van der Waals surface area contributed by atoms with Gasteiger partial charge in [0, 0.05) is 23.9 Å². The average molecular weight is 390 g/mol. The maximum Gasteiger partial charge on any atom is 0.225 e. The van der Waals surface area contributed by atoms with Crippen LogP contribution in [0.3, 0.4) is 0 Å². The Labute approximate surface area is 174 Å². The average Bonchev–Trinajstić information content (AvgIpc) is 2.72. The van der Waals surface area contributed by atoms with Gasteiger partial charge in [-0.3, -0.25) is 0 Å². The number of benzene rings is 2. The van der Waals surface area contributed by atoms with E-state index in [1.54, 1.807) is 0 Å². The van der Waals surface area contributed by atoms with Crippen LogP contribution in [0.1, 0.15) is 31.7 Å². The predicted molar refractivity (Wildman–Crippen MR) is 123 cm³/mol. The molecule has 1 aromatic heterocycles. The van der Waals surface area contributed by atoms with Crippen molar-refractivity contribution < 1.29 is 0 Å². The van der Waals surface area contributed by atoms with Crippen LogP contribution < -0.4 is 10.6 Å². The normalized spacial score (nSPS) is 11.1. The van der Waals surface area contributed by atoms with Crippen molar-refractivity contribution in [2.45, 2.75) is 26.2 Å². The van der Waals surface area contributed by atoms with Gasteiger partial charge in [0.1, 0.15) is 5.82 Å². The topological polar surface area (TPSA) is 53.1 Å². The Morgan fingerprint density at radius 1 is 0.931 bits per heavy atom. The molecule has 1 heterocycles. The highest BCUT2D eigenvalue weighted by atomic mass is 15.1. The fraction of sp³-hybridized carbons (Fsp3) is 0.333. The lowest BCUT2D eigenvalue weighted by molar-refractivity contribution is 0.405. The van der Waals surface area contributed by atoms with Crippen molar-refractivity contribution in [1.29, 1.82) is 0 Å². The van der Waals surface area contributed by atoms with E-state index in [-0.39, 0.29) is 0 Å². The minimum atomic E-state index is 0.428. The van der Waals surface area contributed by atoms with Crippen molar-refractivity contribution in [2.24, 2.45) is 0 Å². The summed E-state index contributed by atoms with van der Waals surface area (Å²) < 4.78 is 0. The minimum Gasteiger partial charge on any atom is -0.354 e. The van der Waals surface area contributed by atoms with E-state index in [9.17, 15) is 0 Å². The van der Waals surface area contributed by atoms with E-state index in [4.69, 9.17) is 9.97 Å². The van der Waals surface area contributed by atoms with Crippen molar-refractivity contribution in [3.05, 3.63) is 66.2 Å². The molecule has 2 N–H and O–H groups in total. The molecule has 29 heavy (non-hydrogen) atoms. The first-order valence-electron chi connectivity index (χ1n) is 10.2. The Balaban J connectivity index is 1.88. The van der Waals surface area contributed by atoms with E-state index in [0.717, 1.165) is 42.3 Å². The third-order valence-corrected chi connectivity index (χ3v) is 4.71. The number of hydrogen-bond acceptors (Lipinski definition) is 5. The van der Waals surface area contributed by atoms with Crippen molar-refractivity contribution in [2.75, 3.05) is 37.8 Å². The van der Waals surface area contributed by atoms with Crippen molar-refractivity contribution in [1.82, 2.24) is 14.9 Å². The van der Waals surface area contributed by atoms with Gasteiger partial charge in [-0.25, -0.2) is 4.98 Å². The summed E-state index contributed by atoms with van der Waals surface area (Å²) in [6.45, 7) is 6.26. The second-order valence-corrected chi connectivity index (χ2v) is 7.78. The molecule has 5 heteroatoms. The molecule has 3 aromatic rings. The largest absolute Gasteiger partial charge is 0.354 e. The highest BCUT2D eigenvalue weighted by Gasteiger charge is 2.10. The summed E-state index contributed by atoms with van der Waals surface area (Å²) in [6.07, 6.45) is 1.03. The molecule has 0 radical (unpaired) electrons. The first-order valence-corrected chi connectivity index (χ1v) is 10.2. The summed E-state index contributed by atoms with van der Waals surface area (Å²) in [5.74, 6) is 1.87. The maximum atomic E-state index is 4.74. The summed E-state index contributed by atoms with van der Waals surface area (Å²) in [4.78, 5) is 11.6. The van der Waals surface area contributed by atoms with Gasteiger partial charge in [0.25, 0.3) is 0 Å². The summed E-state index contributed by atoms with van der Waals surface area (Å²) in [5, 5.41) is 6.90.